The fraction of sp³-hybridized carbons (Fsp3) is 0.533. The van der Waals surface area contributed by atoms with Crippen LogP contribution >= 0.6 is 0 Å². The minimum absolute atomic E-state index is 0.112. The third kappa shape index (κ3) is 2.34. The fourth-order valence-corrected chi connectivity index (χ4v) is 3.76. The van der Waals surface area contributed by atoms with Gasteiger partial charge >= 0.3 is 0 Å². The van der Waals surface area contributed by atoms with Gasteiger partial charge in [-0.05, 0) is 49.1 Å². The Labute approximate surface area is 117 Å². The maximum Gasteiger partial charge on any atom is 0.289 e. The molecule has 0 heterocycles. The van der Waals surface area contributed by atoms with Crippen LogP contribution in [0.1, 0.15) is 31.2 Å². The molecule has 2 fully saturated rings. The lowest BCUT2D eigenvalue weighted by Gasteiger charge is -2.22. The predicted molar refractivity (Wildman–Crippen MR) is 75.2 cm³/mol. The topological polar surface area (TPSA) is 79.0 Å². The molecule has 3 unspecified atom stereocenters. The highest BCUT2D eigenvalue weighted by molar-refractivity contribution is 5.59. The molecule has 2 bridgehead atoms. The van der Waals surface area contributed by atoms with Gasteiger partial charge in [0.05, 0.1) is 4.92 Å². The molecule has 5 heteroatoms. The number of rotatable bonds is 4. The van der Waals surface area contributed by atoms with Crippen LogP contribution in [0.5, 0.6) is 0 Å². The molecule has 5 nitrogen and oxygen atoms in total. The zero-order chi connectivity index (χ0) is 14.1. The zero-order valence-electron chi connectivity index (χ0n) is 11.2. The monoisotopic (exact) mass is 271 g/mol. The van der Waals surface area contributed by atoms with Crippen LogP contribution in [0.25, 0.3) is 0 Å². The summed E-state index contributed by atoms with van der Waals surface area (Å²) in [6.07, 6.45) is 5.37. The summed E-state index contributed by atoms with van der Waals surface area (Å²) in [5, 5.41) is 23.1. The number of hydrogen-bond acceptors (Lipinski definition) is 4. The number of nitro groups is 1. The number of nitriles is 1. The molecular weight excluding hydrogens is 254 g/mol. The average molecular weight is 271 g/mol. The Morgan fingerprint density at radius 1 is 1.40 bits per heavy atom. The van der Waals surface area contributed by atoms with E-state index in [9.17, 15) is 10.1 Å². The Morgan fingerprint density at radius 3 is 2.85 bits per heavy atom. The molecule has 0 saturated heterocycles. The van der Waals surface area contributed by atoms with E-state index in [0.29, 0.717) is 5.92 Å². The molecule has 2 aliphatic carbocycles. The highest BCUT2D eigenvalue weighted by Gasteiger charge is 2.39. The van der Waals surface area contributed by atoms with Crippen LogP contribution in [0.3, 0.4) is 0 Å². The minimum atomic E-state index is -0.499. The van der Waals surface area contributed by atoms with Crippen LogP contribution in [-0.4, -0.2) is 11.5 Å². The summed E-state index contributed by atoms with van der Waals surface area (Å²) in [7, 11) is 0. The summed E-state index contributed by atoms with van der Waals surface area (Å²) >= 11 is 0. The quantitative estimate of drug-likeness (QED) is 0.673. The van der Waals surface area contributed by atoms with Gasteiger partial charge in [-0.3, -0.25) is 10.1 Å². The van der Waals surface area contributed by atoms with Crippen LogP contribution < -0.4 is 5.32 Å². The van der Waals surface area contributed by atoms with Crippen molar-refractivity contribution in [2.45, 2.75) is 25.7 Å². The molecule has 0 aromatic heterocycles. The van der Waals surface area contributed by atoms with Gasteiger partial charge in [0.25, 0.3) is 5.69 Å². The number of hydrogen-bond donors (Lipinski definition) is 1. The van der Waals surface area contributed by atoms with Crippen molar-refractivity contribution in [3.05, 3.63) is 33.9 Å². The Morgan fingerprint density at radius 2 is 2.25 bits per heavy atom. The van der Waals surface area contributed by atoms with E-state index in [4.69, 9.17) is 5.26 Å². The first-order chi connectivity index (χ1) is 9.67. The third-order valence-electron chi connectivity index (χ3n) is 4.77. The smallest absolute Gasteiger partial charge is 0.289 e. The molecule has 20 heavy (non-hydrogen) atoms. The first-order valence-corrected chi connectivity index (χ1v) is 7.10. The minimum Gasteiger partial charge on any atom is -0.385 e. The molecule has 0 radical (unpaired) electrons. The van der Waals surface area contributed by atoms with E-state index in [-0.39, 0.29) is 11.3 Å². The zero-order valence-corrected chi connectivity index (χ0v) is 11.2. The summed E-state index contributed by atoms with van der Waals surface area (Å²) in [5.74, 6) is 2.44. The fourth-order valence-electron chi connectivity index (χ4n) is 3.76. The van der Waals surface area contributed by atoms with E-state index in [0.717, 1.165) is 24.1 Å². The standard InChI is InChI=1S/C15H17N3O2/c16-8-12-3-4-14(7-15(12)18(19)20)17-9-13-6-10-1-2-11(13)5-10/h3-4,7,10-11,13,17H,1-2,5-6,9H2. The maximum absolute atomic E-state index is 10.9. The highest BCUT2D eigenvalue weighted by atomic mass is 16.6. The number of nitro benzene ring substituents is 1. The van der Waals surface area contributed by atoms with Gasteiger partial charge < -0.3 is 5.32 Å². The first-order valence-electron chi connectivity index (χ1n) is 7.10. The lowest BCUT2D eigenvalue weighted by Crippen LogP contribution is -2.20. The van der Waals surface area contributed by atoms with Crippen molar-refractivity contribution in [1.29, 1.82) is 5.26 Å². The largest absolute Gasteiger partial charge is 0.385 e. The van der Waals surface area contributed by atoms with Gasteiger partial charge in [0.15, 0.2) is 0 Å². The van der Waals surface area contributed by atoms with Gasteiger partial charge in [0, 0.05) is 18.3 Å². The lowest BCUT2D eigenvalue weighted by molar-refractivity contribution is -0.385. The van der Waals surface area contributed by atoms with Crippen LogP contribution in [0, 0.1) is 39.2 Å². The predicted octanol–water partition coefficient (Wildman–Crippen LogP) is 3.31. The molecule has 3 atom stereocenters. The van der Waals surface area contributed by atoms with Crippen molar-refractivity contribution < 1.29 is 4.92 Å². The second-order valence-electron chi connectivity index (χ2n) is 5.92. The molecule has 0 spiro atoms. The highest BCUT2D eigenvalue weighted by Crippen LogP contribution is 2.48. The summed E-state index contributed by atoms with van der Waals surface area (Å²) in [4.78, 5) is 10.4. The van der Waals surface area contributed by atoms with Gasteiger partial charge in [0.2, 0.25) is 0 Å². The van der Waals surface area contributed by atoms with E-state index in [1.165, 1.54) is 37.8 Å². The molecule has 104 valence electrons. The van der Waals surface area contributed by atoms with Crippen molar-refractivity contribution in [2.24, 2.45) is 17.8 Å². The molecule has 1 aromatic rings. The summed E-state index contributed by atoms with van der Waals surface area (Å²) in [5.41, 5.74) is 0.726. The summed E-state index contributed by atoms with van der Waals surface area (Å²) in [6.45, 7) is 0.879. The normalized spacial score (nSPS) is 27.2. The van der Waals surface area contributed by atoms with Crippen LogP contribution in [-0.2, 0) is 0 Å². The Bertz CT molecular complexity index is 579. The van der Waals surface area contributed by atoms with Gasteiger partial charge in [-0.15, -0.1) is 0 Å². The molecule has 2 saturated carbocycles. The molecule has 1 aromatic carbocycles. The summed E-state index contributed by atoms with van der Waals surface area (Å²) in [6, 6.07) is 6.58. The van der Waals surface area contributed by atoms with Gasteiger partial charge in [0.1, 0.15) is 11.6 Å². The number of benzene rings is 1. The van der Waals surface area contributed by atoms with Crippen molar-refractivity contribution in [3.63, 3.8) is 0 Å². The Hall–Kier alpha value is -2.09. The number of nitrogens with zero attached hydrogens (tertiary/aromatic N) is 2. The van der Waals surface area contributed by atoms with E-state index >= 15 is 0 Å². The molecule has 0 aliphatic heterocycles. The van der Waals surface area contributed by atoms with Crippen LogP contribution in [0.15, 0.2) is 18.2 Å². The summed E-state index contributed by atoms with van der Waals surface area (Å²) < 4.78 is 0. The Balaban J connectivity index is 1.67. The number of nitrogens with one attached hydrogen (secondary N) is 1. The average Bonchev–Trinajstić information content (AvgIpc) is 3.07. The van der Waals surface area contributed by atoms with Crippen molar-refractivity contribution in [3.8, 4) is 6.07 Å². The number of fused-ring (bicyclic) bond motifs is 2. The van der Waals surface area contributed by atoms with E-state index < -0.39 is 4.92 Å². The van der Waals surface area contributed by atoms with E-state index in [1.807, 2.05) is 6.07 Å². The van der Waals surface area contributed by atoms with Gasteiger partial charge in [-0.25, -0.2) is 0 Å². The molecular formula is C15H17N3O2. The van der Waals surface area contributed by atoms with E-state index in [2.05, 4.69) is 5.32 Å². The SMILES string of the molecule is N#Cc1ccc(NCC2CC3CCC2C3)cc1[N+](=O)[O-]. The molecule has 2 aliphatic rings. The maximum atomic E-state index is 10.9. The molecule has 3 rings (SSSR count). The first kappa shape index (κ1) is 12.9. The van der Waals surface area contributed by atoms with E-state index in [1.54, 1.807) is 6.07 Å². The van der Waals surface area contributed by atoms with Crippen LogP contribution in [0.4, 0.5) is 11.4 Å². The lowest BCUT2D eigenvalue weighted by atomic mass is 9.89. The van der Waals surface area contributed by atoms with Crippen molar-refractivity contribution in [2.75, 3.05) is 11.9 Å². The Kier molecular flexibility index (Phi) is 3.31. The van der Waals surface area contributed by atoms with Gasteiger partial charge in [-0.1, -0.05) is 6.42 Å². The second-order valence-corrected chi connectivity index (χ2v) is 5.92. The second kappa shape index (κ2) is 5.12. The van der Waals surface area contributed by atoms with Crippen LogP contribution in [0.2, 0.25) is 0 Å². The molecule has 1 N–H and O–H groups in total. The van der Waals surface area contributed by atoms with Gasteiger partial charge in [-0.2, -0.15) is 5.26 Å². The number of anilines is 1. The van der Waals surface area contributed by atoms with Crippen molar-refractivity contribution >= 4 is 11.4 Å². The molecule has 0 amide bonds. The van der Waals surface area contributed by atoms with Crippen molar-refractivity contribution in [1.82, 2.24) is 0 Å². The third-order valence-corrected chi connectivity index (χ3v) is 4.77.